The maximum absolute atomic E-state index is 5.59. The lowest BCUT2D eigenvalue weighted by Gasteiger charge is -2.26. The van der Waals surface area contributed by atoms with Crippen LogP contribution >= 0.6 is 0 Å². The average molecular weight is 171 g/mol. The Labute approximate surface area is 77.7 Å². The van der Waals surface area contributed by atoms with E-state index in [4.69, 9.17) is 5.73 Å². The predicted octanol–water partition coefficient (Wildman–Crippen LogP) is 3.19. The molecule has 1 heteroatoms. The molecule has 1 saturated carbocycles. The Morgan fingerprint density at radius 1 is 1.00 bits per heavy atom. The molecule has 0 heterocycles. The lowest BCUT2D eigenvalue weighted by molar-refractivity contribution is 0.274. The normalized spacial score (nSPS) is 29.0. The van der Waals surface area contributed by atoms with Crippen LogP contribution in [0.1, 0.15) is 52.9 Å². The Bertz CT molecular complexity index is 71.0. The summed E-state index contributed by atoms with van der Waals surface area (Å²) in [6.45, 7) is 7.21. The molecule has 74 valence electrons. The van der Waals surface area contributed by atoms with Gasteiger partial charge in [-0.15, -0.1) is 0 Å². The summed E-state index contributed by atoms with van der Waals surface area (Å²) in [4.78, 5) is 0. The van der Waals surface area contributed by atoms with Crippen molar-refractivity contribution >= 4 is 0 Å². The molecule has 0 spiro atoms. The molecule has 0 bridgehead atoms. The summed E-state index contributed by atoms with van der Waals surface area (Å²) in [6, 6.07) is 0. The summed E-state index contributed by atoms with van der Waals surface area (Å²) in [5.41, 5.74) is 5.59. The zero-order chi connectivity index (χ0) is 9.40. The number of nitrogens with two attached hydrogens (primary N) is 1. The fourth-order valence-electron chi connectivity index (χ4n) is 1.88. The summed E-state index contributed by atoms with van der Waals surface area (Å²) in [7, 11) is 0. The number of rotatable bonds is 2. The fourth-order valence-corrected chi connectivity index (χ4v) is 1.88. The molecule has 1 fully saturated rings. The molecule has 0 radical (unpaired) electrons. The van der Waals surface area contributed by atoms with Crippen molar-refractivity contribution in [3.05, 3.63) is 0 Å². The highest BCUT2D eigenvalue weighted by atomic mass is 14.5. The van der Waals surface area contributed by atoms with Crippen molar-refractivity contribution in [2.45, 2.75) is 52.9 Å². The van der Waals surface area contributed by atoms with Gasteiger partial charge in [0, 0.05) is 0 Å². The Kier molecular flexibility index (Phi) is 7.58. The van der Waals surface area contributed by atoms with Crippen molar-refractivity contribution in [3.8, 4) is 0 Å². The van der Waals surface area contributed by atoms with Crippen LogP contribution in [0.15, 0.2) is 0 Å². The first kappa shape index (κ1) is 12.0. The summed E-state index contributed by atoms with van der Waals surface area (Å²) >= 11 is 0. The van der Waals surface area contributed by atoms with Crippen molar-refractivity contribution in [1.29, 1.82) is 0 Å². The number of hydrogen-bond donors (Lipinski definition) is 1. The highest BCUT2D eigenvalue weighted by Crippen LogP contribution is 2.29. The van der Waals surface area contributed by atoms with Crippen LogP contribution in [0.2, 0.25) is 0 Å². The van der Waals surface area contributed by atoms with Crippen molar-refractivity contribution in [1.82, 2.24) is 0 Å². The molecule has 0 aliphatic heterocycles. The van der Waals surface area contributed by atoms with E-state index in [1.807, 2.05) is 13.8 Å². The minimum Gasteiger partial charge on any atom is -0.330 e. The van der Waals surface area contributed by atoms with E-state index >= 15 is 0 Å². The van der Waals surface area contributed by atoms with Crippen LogP contribution in [0.4, 0.5) is 0 Å². The molecule has 1 nitrogen and oxygen atoms in total. The Morgan fingerprint density at radius 3 is 1.75 bits per heavy atom. The molecular formula is C11H25N. The van der Waals surface area contributed by atoms with Crippen LogP contribution in [0.5, 0.6) is 0 Å². The Morgan fingerprint density at radius 2 is 1.42 bits per heavy atom. The monoisotopic (exact) mass is 171 g/mol. The fraction of sp³-hybridized carbons (Fsp3) is 1.00. The van der Waals surface area contributed by atoms with E-state index in [1.54, 1.807) is 0 Å². The van der Waals surface area contributed by atoms with Crippen LogP contribution in [0.25, 0.3) is 0 Å². The quantitative estimate of drug-likeness (QED) is 0.678. The van der Waals surface area contributed by atoms with Gasteiger partial charge in [0.15, 0.2) is 0 Å². The molecule has 1 rings (SSSR count). The second-order valence-corrected chi connectivity index (χ2v) is 3.53. The van der Waals surface area contributed by atoms with Gasteiger partial charge in [-0.05, 0) is 31.2 Å². The van der Waals surface area contributed by atoms with E-state index in [0.29, 0.717) is 0 Å². The second-order valence-electron chi connectivity index (χ2n) is 3.53. The molecular weight excluding hydrogens is 146 g/mol. The number of hydrogen-bond acceptors (Lipinski definition) is 1. The first-order valence-electron chi connectivity index (χ1n) is 5.56. The largest absolute Gasteiger partial charge is 0.330 e. The minimum absolute atomic E-state index is 0.850. The van der Waals surface area contributed by atoms with Crippen molar-refractivity contribution in [2.75, 3.05) is 6.54 Å². The third kappa shape index (κ3) is 4.10. The molecule has 0 unspecified atom stereocenters. The van der Waals surface area contributed by atoms with Gasteiger partial charge < -0.3 is 5.73 Å². The van der Waals surface area contributed by atoms with Gasteiger partial charge in [-0.25, -0.2) is 0 Å². The summed E-state index contributed by atoms with van der Waals surface area (Å²) in [5, 5.41) is 0. The molecule has 0 amide bonds. The molecule has 0 aromatic carbocycles. The standard InChI is InChI=1S/C9H19N.C2H6/c1-2-8-3-5-9(7-10)6-4-8;1-2/h8-9H,2-7,10H2,1H3;1-2H3. The molecule has 0 saturated heterocycles. The lowest BCUT2D eigenvalue weighted by Crippen LogP contribution is -2.20. The predicted molar refractivity (Wildman–Crippen MR) is 56.1 cm³/mol. The second kappa shape index (κ2) is 7.60. The molecule has 0 atom stereocenters. The SMILES string of the molecule is CC.CCC1CCC(CN)CC1. The van der Waals surface area contributed by atoms with E-state index in [2.05, 4.69) is 6.92 Å². The summed E-state index contributed by atoms with van der Waals surface area (Å²) < 4.78 is 0. The highest BCUT2D eigenvalue weighted by molar-refractivity contribution is 4.71. The Balaban J connectivity index is 0.000000561. The molecule has 2 N–H and O–H groups in total. The van der Waals surface area contributed by atoms with Gasteiger partial charge in [-0.2, -0.15) is 0 Å². The molecule has 0 aromatic rings. The van der Waals surface area contributed by atoms with E-state index in [0.717, 1.165) is 18.4 Å². The lowest BCUT2D eigenvalue weighted by atomic mass is 9.81. The van der Waals surface area contributed by atoms with Crippen LogP contribution < -0.4 is 5.73 Å². The van der Waals surface area contributed by atoms with Crippen molar-refractivity contribution in [3.63, 3.8) is 0 Å². The average Bonchev–Trinajstić information content (AvgIpc) is 2.21. The van der Waals surface area contributed by atoms with Crippen molar-refractivity contribution < 1.29 is 0 Å². The third-order valence-corrected chi connectivity index (χ3v) is 2.88. The maximum atomic E-state index is 5.59. The first-order valence-corrected chi connectivity index (χ1v) is 5.56. The van der Waals surface area contributed by atoms with Gasteiger partial charge in [-0.1, -0.05) is 40.0 Å². The van der Waals surface area contributed by atoms with E-state index in [1.165, 1.54) is 32.1 Å². The van der Waals surface area contributed by atoms with Gasteiger partial charge in [0.2, 0.25) is 0 Å². The van der Waals surface area contributed by atoms with Crippen LogP contribution in [-0.2, 0) is 0 Å². The highest BCUT2D eigenvalue weighted by Gasteiger charge is 2.17. The van der Waals surface area contributed by atoms with Crippen molar-refractivity contribution in [2.24, 2.45) is 17.6 Å². The van der Waals surface area contributed by atoms with Crippen LogP contribution in [0, 0.1) is 11.8 Å². The molecule has 1 aliphatic carbocycles. The summed E-state index contributed by atoms with van der Waals surface area (Å²) in [5.74, 6) is 1.87. The zero-order valence-electron chi connectivity index (χ0n) is 8.97. The van der Waals surface area contributed by atoms with Gasteiger partial charge in [0.05, 0.1) is 0 Å². The molecule has 1 aliphatic rings. The van der Waals surface area contributed by atoms with Gasteiger partial charge in [0.25, 0.3) is 0 Å². The smallest absolute Gasteiger partial charge is 0.00489 e. The van der Waals surface area contributed by atoms with Crippen LogP contribution in [0.3, 0.4) is 0 Å². The maximum Gasteiger partial charge on any atom is -0.00489 e. The van der Waals surface area contributed by atoms with E-state index < -0.39 is 0 Å². The Hall–Kier alpha value is -0.0400. The van der Waals surface area contributed by atoms with E-state index in [9.17, 15) is 0 Å². The van der Waals surface area contributed by atoms with Gasteiger partial charge >= 0.3 is 0 Å². The molecule has 12 heavy (non-hydrogen) atoms. The van der Waals surface area contributed by atoms with Gasteiger partial charge in [-0.3, -0.25) is 0 Å². The minimum atomic E-state index is 0.850. The topological polar surface area (TPSA) is 26.0 Å². The van der Waals surface area contributed by atoms with Gasteiger partial charge in [0.1, 0.15) is 0 Å². The zero-order valence-corrected chi connectivity index (χ0v) is 8.97. The van der Waals surface area contributed by atoms with Crippen LogP contribution in [-0.4, -0.2) is 6.54 Å². The van der Waals surface area contributed by atoms with E-state index in [-0.39, 0.29) is 0 Å². The third-order valence-electron chi connectivity index (χ3n) is 2.88. The summed E-state index contributed by atoms with van der Waals surface area (Å²) in [6.07, 6.45) is 7.00. The first-order chi connectivity index (χ1) is 5.86. The molecule has 0 aromatic heterocycles.